The van der Waals surface area contributed by atoms with Gasteiger partial charge in [-0.15, -0.1) is 0 Å². The van der Waals surface area contributed by atoms with Crippen molar-refractivity contribution in [1.82, 2.24) is 0 Å². The van der Waals surface area contributed by atoms with Gasteiger partial charge in [-0.25, -0.2) is 0 Å². The molecule has 0 spiro atoms. The van der Waals surface area contributed by atoms with Gasteiger partial charge in [0.05, 0.1) is 19.8 Å². The Morgan fingerprint density at radius 3 is 0.759 bits per heavy atom. The van der Waals surface area contributed by atoms with E-state index in [2.05, 4.69) is 0 Å². The van der Waals surface area contributed by atoms with Gasteiger partial charge in [0.25, 0.3) is 0 Å². The molecule has 0 saturated carbocycles. The van der Waals surface area contributed by atoms with Crippen LogP contribution in [0.25, 0.3) is 0 Å². The van der Waals surface area contributed by atoms with E-state index in [0.29, 0.717) is 44.5 Å². The van der Waals surface area contributed by atoms with Gasteiger partial charge in [0.1, 0.15) is 34.6 Å². The molecule has 11 nitrogen and oxygen atoms in total. The fourth-order valence-corrected chi connectivity index (χ4v) is 6.12. The van der Waals surface area contributed by atoms with Crippen molar-refractivity contribution in [3.63, 3.8) is 0 Å². The van der Waals surface area contributed by atoms with E-state index in [1.807, 2.05) is 0 Å². The molecule has 0 saturated heterocycles. The van der Waals surface area contributed by atoms with Crippen LogP contribution in [0, 0.1) is 5.41 Å². The highest BCUT2D eigenvalue weighted by atomic mass is 16.5. The summed E-state index contributed by atoms with van der Waals surface area (Å²) in [6.45, 7) is 12.7. The maximum absolute atomic E-state index is 12.8. The first kappa shape index (κ1) is 46.0. The third-order valence-corrected chi connectivity index (χ3v) is 9.70. The number of rotatable bonds is 19. The van der Waals surface area contributed by atoms with Crippen LogP contribution in [-0.2, 0) is 9.47 Å². The molecule has 310 valence electrons. The number of ketones is 4. The predicted molar refractivity (Wildman–Crippen MR) is 219 cm³/mol. The number of hydrogen-bond acceptors (Lipinski definition) is 11. The topological polar surface area (TPSA) is 188 Å². The van der Waals surface area contributed by atoms with E-state index in [1.54, 1.807) is 104 Å². The van der Waals surface area contributed by atoms with Crippen molar-refractivity contribution in [2.75, 3.05) is 19.8 Å². The van der Waals surface area contributed by atoms with E-state index >= 15 is 0 Å². The SMILES string of the molecule is CC(CO)(COC(c1ccc(C(=O)C(C)(C)O)cc1)c1ccc(C(=O)C(C)(C)O)cc1)COC(c1ccc(C(=O)C(C)(C)O)cc1)c1ccc(C(=O)C(C)(C)O)cc1. The smallest absolute Gasteiger partial charge is 0.193 e. The lowest BCUT2D eigenvalue weighted by Crippen LogP contribution is -2.34. The molecule has 0 aromatic heterocycles. The van der Waals surface area contributed by atoms with E-state index < -0.39 is 63.2 Å². The van der Waals surface area contributed by atoms with Crippen molar-refractivity contribution in [3.8, 4) is 0 Å². The molecule has 0 aliphatic rings. The van der Waals surface area contributed by atoms with Crippen LogP contribution in [0.5, 0.6) is 0 Å². The number of aliphatic hydroxyl groups is 5. The first-order chi connectivity index (χ1) is 26.7. The summed E-state index contributed by atoms with van der Waals surface area (Å²) in [6, 6.07) is 26.4. The molecule has 0 aliphatic heterocycles. The van der Waals surface area contributed by atoms with Crippen LogP contribution in [0.2, 0.25) is 0 Å². The molecular weight excluding hydrogens is 741 g/mol. The van der Waals surface area contributed by atoms with Crippen LogP contribution in [0.1, 0.15) is 138 Å². The Bertz CT molecular complexity index is 1770. The summed E-state index contributed by atoms with van der Waals surface area (Å²) in [5, 5.41) is 51.9. The quantitative estimate of drug-likeness (QED) is 0.0660. The Hall–Kier alpha value is -4.72. The lowest BCUT2D eigenvalue weighted by atomic mass is 9.91. The van der Waals surface area contributed by atoms with Crippen molar-refractivity contribution in [2.24, 2.45) is 5.41 Å². The second kappa shape index (κ2) is 17.6. The predicted octanol–water partition coefficient (Wildman–Crippen LogP) is 6.41. The van der Waals surface area contributed by atoms with Crippen molar-refractivity contribution in [2.45, 2.75) is 96.9 Å². The summed E-state index contributed by atoms with van der Waals surface area (Å²) in [4.78, 5) is 51.1. The average molecular weight is 797 g/mol. The Morgan fingerprint density at radius 1 is 0.414 bits per heavy atom. The van der Waals surface area contributed by atoms with Gasteiger partial charge in [-0.05, 0) is 77.6 Å². The van der Waals surface area contributed by atoms with Gasteiger partial charge in [0.15, 0.2) is 23.1 Å². The summed E-state index contributed by atoms with van der Waals surface area (Å²) in [5.74, 6) is -1.82. The minimum Gasteiger partial charge on any atom is -0.396 e. The molecule has 0 radical (unpaired) electrons. The van der Waals surface area contributed by atoms with Crippen LogP contribution in [0.3, 0.4) is 0 Å². The van der Waals surface area contributed by atoms with Gasteiger partial charge in [0, 0.05) is 27.7 Å². The van der Waals surface area contributed by atoms with Gasteiger partial charge >= 0.3 is 0 Å². The zero-order valence-corrected chi connectivity index (χ0v) is 34.7. The Labute approximate surface area is 340 Å². The normalized spacial score (nSPS) is 12.9. The highest BCUT2D eigenvalue weighted by Gasteiger charge is 2.32. The molecule has 58 heavy (non-hydrogen) atoms. The Morgan fingerprint density at radius 2 is 0.603 bits per heavy atom. The zero-order chi connectivity index (χ0) is 43.4. The molecule has 5 N–H and O–H groups in total. The number of Topliss-reactive ketones (excluding diaryl/α,β-unsaturated/α-hetero) is 4. The van der Waals surface area contributed by atoms with E-state index in [1.165, 1.54) is 55.4 Å². The molecule has 11 heteroatoms. The van der Waals surface area contributed by atoms with Crippen LogP contribution < -0.4 is 0 Å². The van der Waals surface area contributed by atoms with Gasteiger partial charge in [-0.1, -0.05) is 104 Å². The zero-order valence-electron chi connectivity index (χ0n) is 34.7. The van der Waals surface area contributed by atoms with E-state index in [0.717, 1.165) is 0 Å². The second-order valence-electron chi connectivity index (χ2n) is 17.4. The summed E-state index contributed by atoms with van der Waals surface area (Å²) < 4.78 is 13.1. The average Bonchev–Trinajstić information content (AvgIpc) is 3.16. The fraction of sp³-hybridized carbons (Fsp3) is 0.404. The molecule has 0 atom stereocenters. The van der Waals surface area contributed by atoms with E-state index in [4.69, 9.17) is 9.47 Å². The number of ether oxygens (including phenoxy) is 2. The molecule has 0 bridgehead atoms. The number of hydrogen-bond donors (Lipinski definition) is 5. The summed E-state index contributed by atoms with van der Waals surface area (Å²) in [7, 11) is 0. The van der Waals surface area contributed by atoms with Gasteiger partial charge in [-0.3, -0.25) is 19.2 Å². The number of carbonyl (C=O) groups is 4. The van der Waals surface area contributed by atoms with E-state index in [-0.39, 0.29) is 19.8 Å². The first-order valence-corrected chi connectivity index (χ1v) is 19.1. The molecule has 0 unspecified atom stereocenters. The van der Waals surface area contributed by atoms with E-state index in [9.17, 15) is 44.7 Å². The van der Waals surface area contributed by atoms with Gasteiger partial charge < -0.3 is 35.0 Å². The number of aliphatic hydroxyl groups excluding tert-OH is 1. The molecular formula is C47H56O11. The third kappa shape index (κ3) is 11.5. The van der Waals surface area contributed by atoms with Crippen LogP contribution in [0.15, 0.2) is 97.1 Å². The minimum absolute atomic E-state index is 0.0341. The van der Waals surface area contributed by atoms with Crippen LogP contribution in [0.4, 0.5) is 0 Å². The molecule has 4 aromatic carbocycles. The number of benzene rings is 4. The highest BCUT2D eigenvalue weighted by molar-refractivity contribution is 6.03. The Balaban J connectivity index is 1.67. The molecule has 0 heterocycles. The standard InChI is InChI=1S/C47H56O11/c1-43(2,53)39(49)33-18-10-29(11-19-33)37(30-12-20-34(21-13-30)40(50)44(3,4)54)57-27-47(9,26-48)28-58-38(31-14-22-35(23-15-31)41(51)45(5,6)55)32-16-24-36(25-17-32)42(52)46(7,8)56/h10-25,37-38,48,53-56H,26-28H2,1-9H3. The van der Waals surface area contributed by atoms with Crippen molar-refractivity contribution in [1.29, 1.82) is 0 Å². The molecule has 4 rings (SSSR count). The van der Waals surface area contributed by atoms with Crippen LogP contribution in [-0.4, -0.2) is 90.9 Å². The van der Waals surface area contributed by atoms with Gasteiger partial charge in [0.2, 0.25) is 0 Å². The molecule has 0 amide bonds. The maximum Gasteiger partial charge on any atom is 0.193 e. The van der Waals surface area contributed by atoms with Crippen molar-refractivity contribution < 1.29 is 54.2 Å². The largest absolute Gasteiger partial charge is 0.396 e. The van der Waals surface area contributed by atoms with Crippen molar-refractivity contribution in [3.05, 3.63) is 142 Å². The number of carbonyl (C=O) groups excluding carboxylic acids is 4. The van der Waals surface area contributed by atoms with Crippen molar-refractivity contribution >= 4 is 23.1 Å². The lowest BCUT2D eigenvalue weighted by Gasteiger charge is -2.32. The first-order valence-electron chi connectivity index (χ1n) is 19.1. The summed E-state index contributed by atoms with van der Waals surface area (Å²) in [5.41, 5.74) is -3.51. The summed E-state index contributed by atoms with van der Waals surface area (Å²) in [6.07, 6.45) is -1.50. The van der Waals surface area contributed by atoms with Crippen LogP contribution >= 0.6 is 0 Å². The molecule has 0 fully saturated rings. The monoisotopic (exact) mass is 796 g/mol. The molecule has 4 aromatic rings. The molecule has 0 aliphatic carbocycles. The Kier molecular flexibility index (Phi) is 14.0. The minimum atomic E-state index is -1.58. The lowest BCUT2D eigenvalue weighted by molar-refractivity contribution is -0.0693. The second-order valence-corrected chi connectivity index (χ2v) is 17.4. The van der Waals surface area contributed by atoms with Gasteiger partial charge in [-0.2, -0.15) is 0 Å². The maximum atomic E-state index is 12.8. The summed E-state index contributed by atoms with van der Waals surface area (Å²) >= 11 is 0. The highest BCUT2D eigenvalue weighted by Crippen LogP contribution is 2.34. The fourth-order valence-electron chi connectivity index (χ4n) is 6.12. The third-order valence-electron chi connectivity index (χ3n) is 9.70.